The van der Waals surface area contributed by atoms with Crippen LogP contribution in [0.1, 0.15) is 11.1 Å². The lowest BCUT2D eigenvalue weighted by Crippen LogP contribution is -2.51. The maximum atomic E-state index is 12.7. The number of nitro groups is 1. The molecule has 8 heteroatoms. The first-order valence-corrected chi connectivity index (χ1v) is 8.97. The minimum absolute atomic E-state index is 0.00195. The summed E-state index contributed by atoms with van der Waals surface area (Å²) in [7, 11) is 0. The summed E-state index contributed by atoms with van der Waals surface area (Å²) in [6.45, 7) is 0.351. The highest BCUT2D eigenvalue weighted by Gasteiger charge is 2.33. The summed E-state index contributed by atoms with van der Waals surface area (Å²) in [5.41, 5.74) is 7.55. The van der Waals surface area contributed by atoms with Crippen molar-refractivity contribution in [2.24, 2.45) is 5.73 Å². The Morgan fingerprint density at radius 1 is 1.15 bits per heavy atom. The van der Waals surface area contributed by atoms with Gasteiger partial charge < -0.3 is 10.6 Å². The first-order valence-electron chi connectivity index (χ1n) is 7.98. The van der Waals surface area contributed by atoms with E-state index in [0.717, 1.165) is 16.0 Å². The van der Waals surface area contributed by atoms with Crippen LogP contribution >= 0.6 is 11.8 Å². The Labute approximate surface area is 154 Å². The molecule has 134 valence electrons. The zero-order valence-corrected chi connectivity index (χ0v) is 14.6. The third-order valence-corrected chi connectivity index (χ3v) is 5.30. The molecule has 1 heterocycles. The van der Waals surface area contributed by atoms with E-state index in [1.807, 2.05) is 24.3 Å². The molecule has 0 bridgehead atoms. The van der Waals surface area contributed by atoms with Crippen molar-refractivity contribution < 1.29 is 14.5 Å². The quantitative estimate of drug-likeness (QED) is 0.492. The van der Waals surface area contributed by atoms with Crippen molar-refractivity contribution in [1.82, 2.24) is 4.90 Å². The van der Waals surface area contributed by atoms with Gasteiger partial charge in [-0.1, -0.05) is 24.3 Å². The van der Waals surface area contributed by atoms with Crippen LogP contribution in [0, 0.1) is 10.1 Å². The van der Waals surface area contributed by atoms with Crippen LogP contribution in [0.3, 0.4) is 0 Å². The summed E-state index contributed by atoms with van der Waals surface area (Å²) in [6, 6.07) is 13.0. The molecule has 2 N–H and O–H groups in total. The lowest BCUT2D eigenvalue weighted by molar-refractivity contribution is -0.384. The number of fused-ring (bicyclic) bond motifs is 1. The van der Waals surface area contributed by atoms with E-state index in [2.05, 4.69) is 0 Å². The molecule has 7 nitrogen and oxygen atoms in total. The number of rotatable bonds is 5. The van der Waals surface area contributed by atoms with Gasteiger partial charge in [0.2, 0.25) is 11.8 Å². The Bertz CT molecular complexity index is 854. The van der Waals surface area contributed by atoms with Gasteiger partial charge in [-0.2, -0.15) is 0 Å². The van der Waals surface area contributed by atoms with E-state index >= 15 is 0 Å². The van der Waals surface area contributed by atoms with Gasteiger partial charge in [0.1, 0.15) is 6.04 Å². The molecule has 0 unspecified atom stereocenters. The van der Waals surface area contributed by atoms with Crippen LogP contribution in [0.4, 0.5) is 5.69 Å². The molecule has 0 aromatic heterocycles. The Kier molecular flexibility index (Phi) is 5.22. The van der Waals surface area contributed by atoms with Gasteiger partial charge in [-0.25, -0.2) is 0 Å². The summed E-state index contributed by atoms with van der Waals surface area (Å²) < 4.78 is 0. The summed E-state index contributed by atoms with van der Waals surface area (Å²) in [5, 5.41) is 10.7. The van der Waals surface area contributed by atoms with E-state index in [1.165, 1.54) is 28.8 Å². The van der Waals surface area contributed by atoms with Crippen molar-refractivity contribution >= 4 is 29.3 Å². The van der Waals surface area contributed by atoms with Crippen LogP contribution in [0.15, 0.2) is 53.4 Å². The first-order chi connectivity index (χ1) is 12.5. The second-order valence-corrected chi connectivity index (χ2v) is 7.00. The largest absolute Gasteiger partial charge is 0.368 e. The van der Waals surface area contributed by atoms with Crippen molar-refractivity contribution in [3.8, 4) is 0 Å². The second-order valence-electron chi connectivity index (χ2n) is 5.95. The highest BCUT2D eigenvalue weighted by molar-refractivity contribution is 8.00. The number of carbonyl (C=O) groups excluding carboxylic acids is 2. The van der Waals surface area contributed by atoms with Crippen molar-refractivity contribution in [2.75, 3.05) is 5.75 Å². The summed E-state index contributed by atoms with van der Waals surface area (Å²) in [5.74, 6) is -0.580. The topological polar surface area (TPSA) is 107 Å². The lowest BCUT2D eigenvalue weighted by atomic mass is 9.93. The smallest absolute Gasteiger partial charge is 0.269 e. The van der Waals surface area contributed by atoms with Crippen molar-refractivity contribution in [3.63, 3.8) is 0 Å². The minimum atomic E-state index is -0.658. The molecule has 2 aromatic carbocycles. The Hall–Kier alpha value is -2.87. The number of non-ortho nitro benzene ring substituents is 1. The molecule has 0 radical (unpaired) electrons. The standard InChI is InChI=1S/C18H17N3O4S/c19-18(23)16-9-12-3-1-2-4-13(12)10-20(16)17(22)11-26-15-7-5-14(6-8-15)21(24)25/h1-8,16H,9-11H2,(H2,19,23)/t16-/m1/s1. The molecular formula is C18H17N3O4S. The van der Waals surface area contributed by atoms with Crippen LogP contribution < -0.4 is 5.73 Å². The number of nitrogens with two attached hydrogens (primary N) is 1. The number of amides is 2. The van der Waals surface area contributed by atoms with E-state index in [9.17, 15) is 19.7 Å². The number of carbonyl (C=O) groups is 2. The molecule has 1 aliphatic heterocycles. The van der Waals surface area contributed by atoms with Gasteiger partial charge in [0.15, 0.2) is 0 Å². The molecule has 3 rings (SSSR count). The minimum Gasteiger partial charge on any atom is -0.368 e. The Morgan fingerprint density at radius 3 is 2.42 bits per heavy atom. The zero-order chi connectivity index (χ0) is 18.7. The maximum Gasteiger partial charge on any atom is 0.269 e. The fourth-order valence-corrected chi connectivity index (χ4v) is 3.72. The highest BCUT2D eigenvalue weighted by atomic mass is 32.2. The highest BCUT2D eigenvalue weighted by Crippen LogP contribution is 2.26. The number of nitrogens with zero attached hydrogens (tertiary/aromatic N) is 2. The molecule has 1 atom stereocenters. The first kappa shape index (κ1) is 17.9. The van der Waals surface area contributed by atoms with Gasteiger partial charge in [0.05, 0.1) is 10.7 Å². The fraction of sp³-hybridized carbons (Fsp3) is 0.222. The summed E-state index contributed by atoms with van der Waals surface area (Å²) in [6.07, 6.45) is 0.416. The molecule has 0 spiro atoms. The van der Waals surface area contributed by atoms with Crippen LogP contribution in [0.25, 0.3) is 0 Å². The molecule has 0 fully saturated rings. The number of benzene rings is 2. The number of nitro benzene ring substituents is 1. The average molecular weight is 371 g/mol. The predicted molar refractivity (Wildman–Crippen MR) is 97.5 cm³/mol. The van der Waals surface area contributed by atoms with E-state index in [0.29, 0.717) is 13.0 Å². The zero-order valence-electron chi connectivity index (χ0n) is 13.8. The van der Waals surface area contributed by atoms with Gasteiger partial charge in [-0.05, 0) is 23.3 Å². The fourth-order valence-electron chi connectivity index (χ4n) is 2.93. The summed E-state index contributed by atoms with van der Waals surface area (Å²) >= 11 is 1.27. The summed E-state index contributed by atoms with van der Waals surface area (Å²) in [4.78, 5) is 36.9. The third kappa shape index (κ3) is 3.85. The van der Waals surface area contributed by atoms with Crippen LogP contribution in [0.5, 0.6) is 0 Å². The van der Waals surface area contributed by atoms with E-state index in [-0.39, 0.29) is 17.3 Å². The molecule has 0 saturated carbocycles. The van der Waals surface area contributed by atoms with Gasteiger partial charge in [0.25, 0.3) is 5.69 Å². The lowest BCUT2D eigenvalue weighted by Gasteiger charge is -2.35. The Balaban J connectivity index is 1.69. The van der Waals surface area contributed by atoms with E-state index in [4.69, 9.17) is 5.73 Å². The van der Waals surface area contributed by atoms with Crippen LogP contribution in [-0.4, -0.2) is 33.4 Å². The van der Waals surface area contributed by atoms with E-state index in [1.54, 1.807) is 12.1 Å². The van der Waals surface area contributed by atoms with Gasteiger partial charge >= 0.3 is 0 Å². The SMILES string of the molecule is NC(=O)[C@H]1Cc2ccccc2CN1C(=O)CSc1ccc([N+](=O)[O-])cc1. The van der Waals surface area contributed by atoms with Gasteiger partial charge in [-0.15, -0.1) is 11.8 Å². The van der Waals surface area contributed by atoms with Crippen molar-refractivity contribution in [3.05, 3.63) is 69.8 Å². The number of hydrogen-bond donors (Lipinski definition) is 1. The molecule has 0 aliphatic carbocycles. The van der Waals surface area contributed by atoms with Crippen molar-refractivity contribution in [2.45, 2.75) is 23.9 Å². The normalized spacial score (nSPS) is 16.0. The third-order valence-electron chi connectivity index (χ3n) is 4.31. The maximum absolute atomic E-state index is 12.7. The molecule has 1 aliphatic rings. The number of primary amides is 1. The van der Waals surface area contributed by atoms with Gasteiger partial charge in [-0.3, -0.25) is 19.7 Å². The van der Waals surface area contributed by atoms with Gasteiger partial charge in [0, 0.05) is 30.0 Å². The Morgan fingerprint density at radius 2 is 1.81 bits per heavy atom. The van der Waals surface area contributed by atoms with Crippen LogP contribution in [0.2, 0.25) is 0 Å². The molecular weight excluding hydrogens is 354 g/mol. The number of thioether (sulfide) groups is 1. The monoisotopic (exact) mass is 371 g/mol. The number of hydrogen-bond acceptors (Lipinski definition) is 5. The molecule has 2 aromatic rings. The molecule has 26 heavy (non-hydrogen) atoms. The second kappa shape index (κ2) is 7.57. The average Bonchev–Trinajstić information content (AvgIpc) is 2.65. The van der Waals surface area contributed by atoms with Crippen LogP contribution in [-0.2, 0) is 22.6 Å². The predicted octanol–water partition coefficient (Wildman–Crippen LogP) is 2.13. The van der Waals surface area contributed by atoms with Crippen molar-refractivity contribution in [1.29, 1.82) is 0 Å². The van der Waals surface area contributed by atoms with E-state index < -0.39 is 16.9 Å². The molecule has 2 amide bonds. The molecule has 0 saturated heterocycles.